The van der Waals surface area contributed by atoms with Gasteiger partial charge in [0.1, 0.15) is 0 Å². The van der Waals surface area contributed by atoms with E-state index in [0.717, 1.165) is 11.3 Å². The third kappa shape index (κ3) is 4.39. The van der Waals surface area contributed by atoms with Crippen molar-refractivity contribution in [1.29, 1.82) is 0 Å². The summed E-state index contributed by atoms with van der Waals surface area (Å²) in [6.07, 6.45) is 0.122. The first-order valence-corrected chi connectivity index (χ1v) is 11.5. The maximum atomic E-state index is 12.6. The normalized spacial score (nSPS) is 16.9. The Morgan fingerprint density at radius 2 is 1.73 bits per heavy atom. The summed E-state index contributed by atoms with van der Waals surface area (Å²) in [5, 5.41) is 2.90. The van der Waals surface area contributed by atoms with Gasteiger partial charge in [0.05, 0.1) is 10.8 Å². The maximum Gasteiger partial charge on any atom is 0.243 e. The third-order valence-corrected chi connectivity index (χ3v) is 7.45. The molecule has 160 valence electrons. The zero-order valence-electron chi connectivity index (χ0n) is 17.5. The van der Waals surface area contributed by atoms with E-state index < -0.39 is 15.9 Å². The van der Waals surface area contributed by atoms with Gasteiger partial charge < -0.3 is 10.2 Å². The van der Waals surface area contributed by atoms with E-state index in [4.69, 9.17) is 0 Å². The van der Waals surface area contributed by atoms with Crippen LogP contribution < -0.4 is 10.2 Å². The molecule has 30 heavy (non-hydrogen) atoms. The zero-order valence-corrected chi connectivity index (χ0v) is 18.3. The SMILES string of the molecule is CCN(CC)S(=O)(=O)c1ccc(N2CC(C(=O)Nc3ccccc3C)CC2=O)cc1. The second-order valence-electron chi connectivity index (χ2n) is 7.29. The van der Waals surface area contributed by atoms with E-state index in [1.54, 1.807) is 26.0 Å². The minimum absolute atomic E-state index is 0.122. The molecule has 0 aliphatic carbocycles. The van der Waals surface area contributed by atoms with E-state index in [2.05, 4.69) is 5.32 Å². The molecule has 0 spiro atoms. The molecule has 1 heterocycles. The van der Waals surface area contributed by atoms with Gasteiger partial charge in [-0.05, 0) is 42.8 Å². The summed E-state index contributed by atoms with van der Waals surface area (Å²) < 4.78 is 26.6. The van der Waals surface area contributed by atoms with Crippen LogP contribution in [0.3, 0.4) is 0 Å². The summed E-state index contributed by atoms with van der Waals surface area (Å²) in [6, 6.07) is 13.8. The molecule has 1 aliphatic heterocycles. The summed E-state index contributed by atoms with van der Waals surface area (Å²) in [5.74, 6) is -0.809. The Hall–Kier alpha value is -2.71. The van der Waals surface area contributed by atoms with Crippen LogP contribution in [0.5, 0.6) is 0 Å². The summed E-state index contributed by atoms with van der Waals surface area (Å²) >= 11 is 0. The van der Waals surface area contributed by atoms with Crippen molar-refractivity contribution in [3.63, 3.8) is 0 Å². The van der Waals surface area contributed by atoms with Crippen LogP contribution in [0, 0.1) is 12.8 Å². The molecule has 1 unspecified atom stereocenters. The molecule has 2 aromatic carbocycles. The van der Waals surface area contributed by atoms with E-state index in [-0.39, 0.29) is 29.7 Å². The van der Waals surface area contributed by atoms with E-state index >= 15 is 0 Å². The molecular formula is C22H27N3O4S. The number of benzene rings is 2. The molecule has 2 amide bonds. The van der Waals surface area contributed by atoms with Crippen molar-refractivity contribution in [2.24, 2.45) is 5.92 Å². The van der Waals surface area contributed by atoms with Crippen molar-refractivity contribution in [3.05, 3.63) is 54.1 Å². The fraction of sp³-hybridized carbons (Fsp3) is 0.364. The van der Waals surface area contributed by atoms with Gasteiger partial charge in [0.2, 0.25) is 21.8 Å². The smallest absolute Gasteiger partial charge is 0.243 e. The second-order valence-corrected chi connectivity index (χ2v) is 9.23. The van der Waals surface area contributed by atoms with Gasteiger partial charge in [0.15, 0.2) is 0 Å². The van der Waals surface area contributed by atoms with Crippen LogP contribution >= 0.6 is 0 Å². The van der Waals surface area contributed by atoms with Gasteiger partial charge in [-0.25, -0.2) is 8.42 Å². The van der Waals surface area contributed by atoms with Gasteiger partial charge in [-0.15, -0.1) is 0 Å². The number of aryl methyl sites for hydroxylation is 1. The summed E-state index contributed by atoms with van der Waals surface area (Å²) in [4.78, 5) is 26.9. The minimum Gasteiger partial charge on any atom is -0.326 e. The molecule has 8 heteroatoms. The molecule has 0 bridgehead atoms. The van der Waals surface area contributed by atoms with Crippen LogP contribution in [-0.4, -0.2) is 44.2 Å². The van der Waals surface area contributed by atoms with Crippen molar-refractivity contribution in [3.8, 4) is 0 Å². The molecule has 1 N–H and O–H groups in total. The summed E-state index contributed by atoms with van der Waals surface area (Å²) in [5.41, 5.74) is 2.28. The number of hydrogen-bond donors (Lipinski definition) is 1. The number of nitrogens with zero attached hydrogens (tertiary/aromatic N) is 2. The maximum absolute atomic E-state index is 12.6. The van der Waals surface area contributed by atoms with Crippen molar-refractivity contribution in [1.82, 2.24) is 4.31 Å². The lowest BCUT2D eigenvalue weighted by Gasteiger charge is -2.20. The zero-order chi connectivity index (χ0) is 21.9. The van der Waals surface area contributed by atoms with Gasteiger partial charge in [0, 0.05) is 37.4 Å². The number of amides is 2. The minimum atomic E-state index is -3.55. The number of rotatable bonds is 7. The highest BCUT2D eigenvalue weighted by Crippen LogP contribution is 2.28. The average Bonchev–Trinajstić information content (AvgIpc) is 3.12. The first kappa shape index (κ1) is 22.0. The van der Waals surface area contributed by atoms with Gasteiger partial charge in [-0.1, -0.05) is 32.0 Å². The molecule has 1 saturated heterocycles. The van der Waals surface area contributed by atoms with E-state index in [1.165, 1.54) is 21.3 Å². The van der Waals surface area contributed by atoms with Gasteiger partial charge in [-0.2, -0.15) is 4.31 Å². The van der Waals surface area contributed by atoms with Crippen molar-refractivity contribution >= 4 is 33.2 Å². The van der Waals surface area contributed by atoms with Crippen LogP contribution in [0.15, 0.2) is 53.4 Å². The number of carbonyl (C=O) groups is 2. The van der Waals surface area contributed by atoms with Crippen LogP contribution in [0.1, 0.15) is 25.8 Å². The average molecular weight is 430 g/mol. The predicted molar refractivity (Wildman–Crippen MR) is 117 cm³/mol. The van der Waals surface area contributed by atoms with E-state index in [1.807, 2.05) is 31.2 Å². The Kier molecular flexibility index (Phi) is 6.58. The van der Waals surface area contributed by atoms with Crippen LogP contribution in [-0.2, 0) is 19.6 Å². The molecule has 0 radical (unpaired) electrons. The van der Waals surface area contributed by atoms with Crippen LogP contribution in [0.2, 0.25) is 0 Å². The van der Waals surface area contributed by atoms with E-state index in [9.17, 15) is 18.0 Å². The first-order valence-electron chi connectivity index (χ1n) is 10.0. The van der Waals surface area contributed by atoms with Crippen LogP contribution in [0.25, 0.3) is 0 Å². The van der Waals surface area contributed by atoms with Crippen molar-refractivity contribution in [2.75, 3.05) is 29.9 Å². The number of nitrogens with one attached hydrogen (secondary N) is 1. The Morgan fingerprint density at radius 3 is 2.33 bits per heavy atom. The van der Waals surface area contributed by atoms with Crippen LogP contribution in [0.4, 0.5) is 11.4 Å². The molecule has 1 aliphatic rings. The number of hydrogen-bond acceptors (Lipinski definition) is 4. The van der Waals surface area contributed by atoms with Gasteiger partial charge >= 0.3 is 0 Å². The predicted octanol–water partition coefficient (Wildman–Crippen LogP) is 3.02. The van der Waals surface area contributed by atoms with Gasteiger partial charge in [-0.3, -0.25) is 9.59 Å². The largest absolute Gasteiger partial charge is 0.326 e. The highest BCUT2D eigenvalue weighted by molar-refractivity contribution is 7.89. The molecule has 1 fully saturated rings. The number of sulfonamides is 1. The number of carbonyl (C=O) groups excluding carboxylic acids is 2. The lowest BCUT2D eigenvalue weighted by molar-refractivity contribution is -0.122. The standard InChI is InChI=1S/C22H27N3O4S/c1-4-24(5-2)30(28,29)19-12-10-18(11-13-19)25-15-17(14-21(25)26)22(27)23-20-9-7-6-8-16(20)3/h6-13,17H,4-5,14-15H2,1-3H3,(H,23,27). The Balaban J connectivity index is 1.72. The topological polar surface area (TPSA) is 86.8 Å². The second kappa shape index (κ2) is 8.97. The molecule has 7 nitrogen and oxygen atoms in total. The monoisotopic (exact) mass is 429 g/mol. The number of anilines is 2. The molecular weight excluding hydrogens is 402 g/mol. The Labute approximate surface area is 177 Å². The quantitative estimate of drug-likeness (QED) is 0.733. The lowest BCUT2D eigenvalue weighted by Crippen LogP contribution is -2.31. The molecule has 0 aromatic heterocycles. The lowest BCUT2D eigenvalue weighted by atomic mass is 10.1. The fourth-order valence-electron chi connectivity index (χ4n) is 3.59. The summed E-state index contributed by atoms with van der Waals surface area (Å²) in [7, 11) is -3.55. The molecule has 3 rings (SSSR count). The summed E-state index contributed by atoms with van der Waals surface area (Å²) in [6.45, 7) is 6.54. The highest BCUT2D eigenvalue weighted by Gasteiger charge is 2.35. The molecule has 2 aromatic rings. The first-order chi connectivity index (χ1) is 14.3. The Morgan fingerprint density at radius 1 is 1.10 bits per heavy atom. The fourth-order valence-corrected chi connectivity index (χ4v) is 5.05. The highest BCUT2D eigenvalue weighted by atomic mass is 32.2. The van der Waals surface area contributed by atoms with Crippen molar-refractivity contribution in [2.45, 2.75) is 32.1 Å². The molecule has 1 atom stereocenters. The Bertz CT molecular complexity index is 1030. The van der Waals surface area contributed by atoms with Gasteiger partial charge in [0.25, 0.3) is 0 Å². The van der Waals surface area contributed by atoms with Crippen molar-refractivity contribution < 1.29 is 18.0 Å². The number of para-hydroxylation sites is 1. The molecule has 0 saturated carbocycles. The third-order valence-electron chi connectivity index (χ3n) is 5.39. The van der Waals surface area contributed by atoms with E-state index in [0.29, 0.717) is 18.8 Å².